The lowest BCUT2D eigenvalue weighted by Gasteiger charge is -2.36. The summed E-state index contributed by atoms with van der Waals surface area (Å²) in [5, 5.41) is 6.20. The van der Waals surface area contributed by atoms with Gasteiger partial charge in [-0.2, -0.15) is 0 Å². The number of rotatable bonds is 5. The molecule has 2 heterocycles. The second kappa shape index (κ2) is 8.99. The van der Waals surface area contributed by atoms with Gasteiger partial charge < -0.3 is 14.8 Å². The lowest BCUT2D eigenvalue weighted by Crippen LogP contribution is -2.48. The third kappa shape index (κ3) is 4.99. The van der Waals surface area contributed by atoms with Gasteiger partial charge in [-0.1, -0.05) is 11.3 Å². The van der Waals surface area contributed by atoms with Crippen LogP contribution in [0.2, 0.25) is 0 Å². The van der Waals surface area contributed by atoms with Crippen molar-refractivity contribution in [2.45, 2.75) is 51.2 Å². The number of hydrogen-bond donors (Lipinski definition) is 2. The number of methoxy groups -OCH3 is 1. The zero-order valence-corrected chi connectivity index (χ0v) is 19.2. The van der Waals surface area contributed by atoms with Crippen LogP contribution in [0, 0.1) is 5.92 Å². The van der Waals surface area contributed by atoms with Crippen LogP contribution in [-0.2, 0) is 16.0 Å². The van der Waals surface area contributed by atoms with Gasteiger partial charge >= 0.3 is 0 Å². The first-order valence-electron chi connectivity index (χ1n) is 10.7. The van der Waals surface area contributed by atoms with Crippen LogP contribution in [-0.4, -0.2) is 47.9 Å². The Morgan fingerprint density at radius 3 is 2.66 bits per heavy atom. The van der Waals surface area contributed by atoms with Crippen molar-refractivity contribution in [2.24, 2.45) is 5.92 Å². The van der Waals surface area contributed by atoms with E-state index >= 15 is 0 Å². The van der Waals surface area contributed by atoms with Crippen molar-refractivity contribution >= 4 is 34.1 Å². The van der Waals surface area contributed by atoms with E-state index in [1.54, 1.807) is 31.4 Å². The Kier molecular flexibility index (Phi) is 6.30. The van der Waals surface area contributed by atoms with Gasteiger partial charge in [-0.25, -0.2) is 4.98 Å². The van der Waals surface area contributed by atoms with E-state index in [0.717, 1.165) is 24.2 Å². The van der Waals surface area contributed by atoms with Crippen molar-refractivity contribution in [1.82, 2.24) is 10.3 Å². The molecular weight excluding hydrogens is 430 g/mol. The molecule has 1 aliphatic carbocycles. The lowest BCUT2D eigenvalue weighted by molar-refractivity contribution is -0.128. The smallest absolute Gasteiger partial charge is 0.257 e. The molecule has 4 rings (SSSR count). The van der Waals surface area contributed by atoms with Gasteiger partial charge in [-0.3, -0.25) is 19.7 Å². The van der Waals surface area contributed by atoms with E-state index < -0.39 is 5.92 Å². The Bertz CT molecular complexity index is 1030. The van der Waals surface area contributed by atoms with Crippen molar-refractivity contribution in [3.8, 4) is 5.75 Å². The number of carbonyl (C=O) groups excluding carboxylic acids is 3. The summed E-state index contributed by atoms with van der Waals surface area (Å²) in [6.45, 7) is 4.63. The molecule has 2 atom stereocenters. The minimum absolute atomic E-state index is 0.0394. The fourth-order valence-corrected chi connectivity index (χ4v) is 5.09. The molecular formula is C23H27N3O5S. The van der Waals surface area contributed by atoms with Gasteiger partial charge in [0.25, 0.3) is 5.91 Å². The van der Waals surface area contributed by atoms with Crippen LogP contribution in [0.25, 0.3) is 0 Å². The molecule has 2 amide bonds. The second-order valence-corrected chi connectivity index (χ2v) is 9.81. The molecule has 2 N–H and O–H groups in total. The number of nitrogens with zero attached hydrogens (tertiary/aromatic N) is 1. The summed E-state index contributed by atoms with van der Waals surface area (Å²) in [6, 6.07) is 6.76. The Morgan fingerprint density at radius 1 is 1.22 bits per heavy atom. The van der Waals surface area contributed by atoms with Gasteiger partial charge in [0.1, 0.15) is 5.75 Å². The van der Waals surface area contributed by atoms with Gasteiger partial charge in [0.15, 0.2) is 10.9 Å². The molecule has 8 nitrogen and oxygen atoms in total. The topological polar surface area (TPSA) is 107 Å². The van der Waals surface area contributed by atoms with E-state index in [9.17, 15) is 14.4 Å². The largest absolute Gasteiger partial charge is 0.497 e. The van der Waals surface area contributed by atoms with Crippen molar-refractivity contribution < 1.29 is 23.9 Å². The summed E-state index contributed by atoms with van der Waals surface area (Å²) in [7, 11) is 1.56. The third-order valence-corrected chi connectivity index (χ3v) is 6.86. The summed E-state index contributed by atoms with van der Waals surface area (Å²) in [5.41, 5.74) is 0.767. The highest BCUT2D eigenvalue weighted by molar-refractivity contribution is 7.17. The van der Waals surface area contributed by atoms with Crippen molar-refractivity contribution in [2.75, 3.05) is 19.0 Å². The number of nitrogens with one attached hydrogen (secondary N) is 2. The van der Waals surface area contributed by atoms with Crippen molar-refractivity contribution in [1.29, 1.82) is 0 Å². The maximum absolute atomic E-state index is 12.8. The molecule has 9 heteroatoms. The Morgan fingerprint density at radius 2 is 1.97 bits per heavy atom. The normalized spacial score (nSPS) is 22.0. The number of fused-ring (bicyclic) bond motifs is 1. The van der Waals surface area contributed by atoms with E-state index in [1.165, 1.54) is 0 Å². The lowest BCUT2D eigenvalue weighted by atomic mass is 9.88. The summed E-state index contributed by atoms with van der Waals surface area (Å²) < 4.78 is 10.8. The summed E-state index contributed by atoms with van der Waals surface area (Å²) in [6.07, 6.45) is 2.04. The zero-order chi connectivity index (χ0) is 22.9. The van der Waals surface area contributed by atoms with E-state index in [0.29, 0.717) is 40.0 Å². The molecule has 0 spiro atoms. The molecule has 2 aromatic rings. The first-order chi connectivity index (χ1) is 15.2. The number of Topliss-reactive ketones (excluding diaryl/α,β-unsaturated/α-hetero) is 1. The highest BCUT2D eigenvalue weighted by Crippen LogP contribution is 2.33. The molecule has 0 radical (unpaired) electrons. The monoisotopic (exact) mass is 457 g/mol. The average molecular weight is 458 g/mol. The second-order valence-electron chi connectivity index (χ2n) is 8.81. The Labute approximate surface area is 190 Å². The van der Waals surface area contributed by atoms with Crippen LogP contribution in [0.5, 0.6) is 5.75 Å². The first kappa shape index (κ1) is 22.4. The number of thiazole rings is 1. The third-order valence-electron chi connectivity index (χ3n) is 5.81. The molecule has 1 saturated heterocycles. The van der Waals surface area contributed by atoms with Gasteiger partial charge in [0, 0.05) is 31.1 Å². The number of ether oxygens (including phenoxy) is 2. The summed E-state index contributed by atoms with van der Waals surface area (Å²) >= 11 is 1.16. The quantitative estimate of drug-likeness (QED) is 0.714. The van der Waals surface area contributed by atoms with E-state index in [1.807, 2.05) is 13.8 Å². The highest BCUT2D eigenvalue weighted by atomic mass is 32.1. The number of hydrogen-bond acceptors (Lipinski definition) is 7. The SMILES string of the molecule is COc1ccc(C(=O)Nc2nc3c(s2)C(=O)CC(C(=O)NC2CCOC(C)(C)C2)C3)cc1. The standard InChI is InChI=1S/C23H27N3O5S/c1-23(2)12-15(8-9-31-23)24-21(29)14-10-17-19(18(27)11-14)32-22(25-17)26-20(28)13-4-6-16(30-3)7-5-13/h4-7,14-15H,8-12H2,1-3H3,(H,24,29)(H,25,26,28). The maximum Gasteiger partial charge on any atom is 0.257 e. The molecule has 1 fully saturated rings. The molecule has 2 unspecified atom stereocenters. The molecule has 0 saturated carbocycles. The maximum atomic E-state index is 12.8. The Balaban J connectivity index is 1.40. The predicted molar refractivity (Wildman–Crippen MR) is 120 cm³/mol. The molecule has 170 valence electrons. The first-order valence-corrected chi connectivity index (χ1v) is 11.5. The predicted octanol–water partition coefficient (Wildman–Crippen LogP) is 3.22. The van der Waals surface area contributed by atoms with Crippen LogP contribution >= 0.6 is 11.3 Å². The number of benzene rings is 1. The number of aromatic nitrogens is 1. The van der Waals surface area contributed by atoms with Crippen LogP contribution in [0.3, 0.4) is 0 Å². The molecule has 32 heavy (non-hydrogen) atoms. The minimum atomic E-state index is -0.451. The van der Waals surface area contributed by atoms with Gasteiger partial charge in [0.2, 0.25) is 5.91 Å². The fourth-order valence-electron chi connectivity index (χ4n) is 4.15. The highest BCUT2D eigenvalue weighted by Gasteiger charge is 2.36. The molecule has 1 aromatic carbocycles. The number of amides is 2. The van der Waals surface area contributed by atoms with E-state index in [2.05, 4.69) is 15.6 Å². The fraction of sp³-hybridized carbons (Fsp3) is 0.478. The van der Waals surface area contributed by atoms with Crippen LogP contribution in [0.15, 0.2) is 24.3 Å². The van der Waals surface area contributed by atoms with E-state index in [-0.39, 0.29) is 35.7 Å². The molecule has 1 aliphatic heterocycles. The number of anilines is 1. The van der Waals surface area contributed by atoms with Crippen LogP contribution in [0.4, 0.5) is 5.13 Å². The van der Waals surface area contributed by atoms with Crippen LogP contribution < -0.4 is 15.4 Å². The van der Waals surface area contributed by atoms with Crippen molar-refractivity contribution in [3.05, 3.63) is 40.4 Å². The molecule has 0 bridgehead atoms. The van der Waals surface area contributed by atoms with Gasteiger partial charge in [-0.05, 0) is 51.0 Å². The molecule has 1 aromatic heterocycles. The zero-order valence-electron chi connectivity index (χ0n) is 18.4. The van der Waals surface area contributed by atoms with E-state index in [4.69, 9.17) is 9.47 Å². The van der Waals surface area contributed by atoms with Crippen LogP contribution in [0.1, 0.15) is 58.8 Å². The summed E-state index contributed by atoms with van der Waals surface area (Å²) in [5.74, 6) is -0.342. The average Bonchev–Trinajstić information content (AvgIpc) is 3.16. The van der Waals surface area contributed by atoms with Gasteiger partial charge in [-0.15, -0.1) is 0 Å². The van der Waals surface area contributed by atoms with Crippen molar-refractivity contribution in [3.63, 3.8) is 0 Å². The number of carbonyl (C=O) groups is 3. The summed E-state index contributed by atoms with van der Waals surface area (Å²) in [4.78, 5) is 43.0. The molecule has 2 aliphatic rings. The Hall–Kier alpha value is -2.78. The minimum Gasteiger partial charge on any atom is -0.497 e. The number of ketones is 1. The van der Waals surface area contributed by atoms with Gasteiger partial charge in [0.05, 0.1) is 29.2 Å².